The minimum atomic E-state index is -1.11. The predicted octanol–water partition coefficient (Wildman–Crippen LogP) is 2.63. The molecule has 5 aliphatic rings. The Hall–Kier alpha value is -2.74. The molecule has 2 saturated heterocycles. The van der Waals surface area contributed by atoms with Gasteiger partial charge in [-0.05, 0) is 37.3 Å². The minimum Gasteiger partial charge on any atom is -0.359 e. The van der Waals surface area contributed by atoms with Gasteiger partial charge in [0.1, 0.15) is 11.6 Å². The number of nitrogens with one attached hydrogen (secondary N) is 2. The number of carbonyl (C=O) groups excluding carboxylic acids is 3. The standard InChI is InChI=1S/C28H36N4O4/c33-25(30-19-9-3-1-4-10-19)22-21-13-14-28(36-21)23(22)27(35)32(17-18-8-7-15-29-16-18)24(28)26(34)31-20-11-5-2-6-12-20/h7-8,13-16,19-24H,1-6,9-12,17H2,(H,30,33)(H,31,34)/t21-,22-,23-,24+,28-/m1/s1. The number of carbonyl (C=O) groups is 3. The molecule has 2 bridgehead atoms. The molecule has 2 N–H and O–H groups in total. The van der Waals surface area contributed by atoms with Gasteiger partial charge in [0.2, 0.25) is 17.7 Å². The highest BCUT2D eigenvalue weighted by molar-refractivity contribution is 6.00. The lowest BCUT2D eigenvalue weighted by molar-refractivity contribution is -0.142. The highest BCUT2D eigenvalue weighted by Crippen LogP contribution is 2.55. The first-order chi connectivity index (χ1) is 17.6. The molecule has 1 aromatic heterocycles. The van der Waals surface area contributed by atoms with Crippen molar-refractivity contribution in [3.8, 4) is 0 Å². The van der Waals surface area contributed by atoms with E-state index in [1.165, 1.54) is 12.8 Å². The van der Waals surface area contributed by atoms with Crippen LogP contribution in [-0.2, 0) is 25.7 Å². The number of fused-ring (bicyclic) bond motifs is 1. The van der Waals surface area contributed by atoms with Gasteiger partial charge in [-0.15, -0.1) is 0 Å². The molecule has 0 radical (unpaired) electrons. The van der Waals surface area contributed by atoms with Crippen molar-refractivity contribution in [3.05, 3.63) is 42.2 Å². The number of rotatable bonds is 6. The van der Waals surface area contributed by atoms with Crippen molar-refractivity contribution in [2.75, 3.05) is 0 Å². The third-order valence-corrected chi connectivity index (χ3v) is 8.90. The summed E-state index contributed by atoms with van der Waals surface area (Å²) in [5.74, 6) is -1.80. The molecule has 36 heavy (non-hydrogen) atoms. The Morgan fingerprint density at radius 3 is 2.31 bits per heavy atom. The van der Waals surface area contributed by atoms with Crippen LogP contribution in [0.4, 0.5) is 0 Å². The number of pyridine rings is 1. The van der Waals surface area contributed by atoms with Crippen molar-refractivity contribution in [3.63, 3.8) is 0 Å². The zero-order chi connectivity index (χ0) is 24.7. The lowest BCUT2D eigenvalue weighted by Gasteiger charge is -2.34. The fourth-order valence-electron chi connectivity index (χ4n) is 7.20. The molecule has 192 valence electrons. The summed E-state index contributed by atoms with van der Waals surface area (Å²) in [4.78, 5) is 47.2. The van der Waals surface area contributed by atoms with Gasteiger partial charge in [0.05, 0.1) is 17.9 Å². The second-order valence-corrected chi connectivity index (χ2v) is 11.2. The van der Waals surface area contributed by atoms with Crippen LogP contribution in [0.3, 0.4) is 0 Å². The molecule has 0 aromatic carbocycles. The highest BCUT2D eigenvalue weighted by atomic mass is 16.5. The number of ether oxygens (including phenoxy) is 1. The topological polar surface area (TPSA) is 101 Å². The van der Waals surface area contributed by atoms with Crippen LogP contribution in [0.5, 0.6) is 0 Å². The summed E-state index contributed by atoms with van der Waals surface area (Å²) in [6, 6.07) is 3.19. The predicted molar refractivity (Wildman–Crippen MR) is 132 cm³/mol. The fourth-order valence-corrected chi connectivity index (χ4v) is 7.20. The van der Waals surface area contributed by atoms with Crippen molar-refractivity contribution < 1.29 is 19.1 Å². The van der Waals surface area contributed by atoms with E-state index in [-0.39, 0.29) is 36.3 Å². The van der Waals surface area contributed by atoms with Crippen molar-refractivity contribution in [1.82, 2.24) is 20.5 Å². The van der Waals surface area contributed by atoms with E-state index in [9.17, 15) is 14.4 Å². The number of hydrogen-bond donors (Lipinski definition) is 2. The van der Waals surface area contributed by atoms with Gasteiger partial charge in [-0.1, -0.05) is 56.7 Å². The molecule has 8 heteroatoms. The number of nitrogens with zero attached hydrogens (tertiary/aromatic N) is 2. The normalized spacial score (nSPS) is 34.1. The Kier molecular flexibility index (Phi) is 6.32. The van der Waals surface area contributed by atoms with Crippen LogP contribution in [0, 0.1) is 11.8 Å². The van der Waals surface area contributed by atoms with Gasteiger partial charge in [0.15, 0.2) is 0 Å². The number of amides is 3. The third kappa shape index (κ3) is 4.03. The van der Waals surface area contributed by atoms with E-state index < -0.39 is 29.6 Å². The zero-order valence-corrected chi connectivity index (χ0v) is 20.7. The Morgan fingerprint density at radius 1 is 1.00 bits per heavy atom. The van der Waals surface area contributed by atoms with Crippen LogP contribution < -0.4 is 10.6 Å². The average Bonchev–Trinajstić information content (AvgIpc) is 3.53. The molecule has 0 unspecified atom stereocenters. The summed E-state index contributed by atoms with van der Waals surface area (Å²) in [7, 11) is 0. The van der Waals surface area contributed by atoms with Crippen LogP contribution >= 0.6 is 0 Å². The number of likely N-dealkylation sites (tertiary alicyclic amines) is 1. The molecule has 3 amide bonds. The molecule has 6 rings (SSSR count). The van der Waals surface area contributed by atoms with E-state index >= 15 is 0 Å². The zero-order valence-electron chi connectivity index (χ0n) is 20.7. The first kappa shape index (κ1) is 23.6. The smallest absolute Gasteiger partial charge is 0.246 e. The lowest BCUT2D eigenvalue weighted by Crippen LogP contribution is -2.56. The van der Waals surface area contributed by atoms with Crippen molar-refractivity contribution in [2.24, 2.45) is 11.8 Å². The summed E-state index contributed by atoms with van der Waals surface area (Å²) in [6.45, 7) is 0.256. The summed E-state index contributed by atoms with van der Waals surface area (Å²) >= 11 is 0. The quantitative estimate of drug-likeness (QED) is 0.595. The van der Waals surface area contributed by atoms with E-state index in [2.05, 4.69) is 15.6 Å². The van der Waals surface area contributed by atoms with Crippen LogP contribution in [0.25, 0.3) is 0 Å². The van der Waals surface area contributed by atoms with Crippen molar-refractivity contribution in [2.45, 2.75) is 101 Å². The molecule has 3 aliphatic heterocycles. The van der Waals surface area contributed by atoms with Gasteiger partial charge in [0.25, 0.3) is 0 Å². The van der Waals surface area contributed by atoms with Crippen LogP contribution in [-0.4, -0.2) is 57.4 Å². The van der Waals surface area contributed by atoms with Gasteiger partial charge < -0.3 is 20.3 Å². The second-order valence-electron chi connectivity index (χ2n) is 11.2. The number of hydrogen-bond acceptors (Lipinski definition) is 5. The molecule has 1 spiro atoms. The lowest BCUT2D eigenvalue weighted by atomic mass is 9.74. The molecule has 2 saturated carbocycles. The summed E-state index contributed by atoms with van der Waals surface area (Å²) in [5.41, 5.74) is -0.267. The van der Waals surface area contributed by atoms with Crippen molar-refractivity contribution >= 4 is 17.7 Å². The maximum absolute atomic E-state index is 14.0. The Morgan fingerprint density at radius 2 is 1.67 bits per heavy atom. The number of aromatic nitrogens is 1. The molecule has 5 atom stereocenters. The van der Waals surface area contributed by atoms with Crippen LogP contribution in [0.15, 0.2) is 36.7 Å². The SMILES string of the molecule is O=C(NC1CCCCC1)[C@@H]1[C@H]2C=C[C@]3(O2)[C@H](C(=O)NC2CCCCC2)N(Cc2cccnc2)C(=O)[C@@H]13. The van der Waals surface area contributed by atoms with Gasteiger partial charge in [0, 0.05) is 31.0 Å². The largest absolute Gasteiger partial charge is 0.359 e. The van der Waals surface area contributed by atoms with Crippen LogP contribution in [0.2, 0.25) is 0 Å². The molecule has 1 aromatic rings. The fraction of sp³-hybridized carbons (Fsp3) is 0.643. The minimum absolute atomic E-state index is 0.116. The summed E-state index contributed by atoms with van der Waals surface area (Å²) in [6.07, 6.45) is 17.4. The first-order valence-corrected chi connectivity index (χ1v) is 13.7. The maximum atomic E-state index is 14.0. The van der Waals surface area contributed by atoms with Gasteiger partial charge >= 0.3 is 0 Å². The molecule has 4 heterocycles. The summed E-state index contributed by atoms with van der Waals surface area (Å²) in [5, 5.41) is 6.45. The maximum Gasteiger partial charge on any atom is 0.246 e. The monoisotopic (exact) mass is 492 g/mol. The molecular formula is C28H36N4O4. The molecule has 4 fully saturated rings. The van der Waals surface area contributed by atoms with E-state index in [1.54, 1.807) is 17.3 Å². The van der Waals surface area contributed by atoms with E-state index in [0.29, 0.717) is 0 Å². The van der Waals surface area contributed by atoms with Gasteiger partial charge in [-0.3, -0.25) is 19.4 Å². The Bertz CT molecular complexity index is 1030. The van der Waals surface area contributed by atoms with Crippen LogP contribution in [0.1, 0.15) is 69.8 Å². The molecule has 2 aliphatic carbocycles. The van der Waals surface area contributed by atoms with Gasteiger partial charge in [-0.2, -0.15) is 0 Å². The molecule has 8 nitrogen and oxygen atoms in total. The van der Waals surface area contributed by atoms with E-state index in [1.807, 2.05) is 24.3 Å². The second kappa shape index (κ2) is 9.61. The van der Waals surface area contributed by atoms with Crippen molar-refractivity contribution in [1.29, 1.82) is 0 Å². The Balaban J connectivity index is 1.30. The van der Waals surface area contributed by atoms with Gasteiger partial charge in [-0.25, -0.2) is 0 Å². The first-order valence-electron chi connectivity index (χ1n) is 13.7. The Labute approximate surface area is 212 Å². The third-order valence-electron chi connectivity index (χ3n) is 8.90. The van der Waals surface area contributed by atoms with E-state index in [4.69, 9.17) is 4.74 Å². The highest BCUT2D eigenvalue weighted by Gasteiger charge is 2.72. The molecular weight excluding hydrogens is 456 g/mol. The van der Waals surface area contributed by atoms with E-state index in [0.717, 1.165) is 56.9 Å². The summed E-state index contributed by atoms with van der Waals surface area (Å²) < 4.78 is 6.46. The average molecular weight is 493 g/mol.